The largest absolute Gasteiger partial charge is 0.465 e. The molecular formula is C10H9N3O2. The van der Waals surface area contributed by atoms with Crippen molar-refractivity contribution in [2.24, 2.45) is 4.99 Å². The molecule has 0 saturated carbocycles. The van der Waals surface area contributed by atoms with E-state index in [-0.39, 0.29) is 0 Å². The second-order valence-corrected chi connectivity index (χ2v) is 2.97. The predicted molar refractivity (Wildman–Crippen MR) is 58.4 cm³/mol. The average molecular weight is 203 g/mol. The van der Waals surface area contributed by atoms with Crippen LogP contribution in [0.25, 0.3) is 0 Å². The molecule has 5 heteroatoms. The van der Waals surface area contributed by atoms with Crippen molar-refractivity contribution in [1.82, 2.24) is 0 Å². The van der Waals surface area contributed by atoms with Gasteiger partial charge in [-0.05, 0) is 18.2 Å². The van der Waals surface area contributed by atoms with E-state index in [1.54, 1.807) is 36.8 Å². The van der Waals surface area contributed by atoms with Crippen LogP contribution in [0.4, 0.5) is 16.2 Å². The van der Waals surface area contributed by atoms with Crippen molar-refractivity contribution in [3.05, 3.63) is 36.2 Å². The van der Waals surface area contributed by atoms with Crippen molar-refractivity contribution >= 4 is 23.7 Å². The summed E-state index contributed by atoms with van der Waals surface area (Å²) in [6.07, 6.45) is 3.93. The standard InChI is InChI=1S/C10H9N3O2/c14-10(15)13-8-1-2-9-7(5-8)6-11-3-4-12-9/h1-6,12-13H,(H,14,15). The van der Waals surface area contributed by atoms with E-state index in [2.05, 4.69) is 15.6 Å². The fourth-order valence-corrected chi connectivity index (χ4v) is 1.30. The predicted octanol–water partition coefficient (Wildman–Crippen LogP) is 2.09. The normalized spacial score (nSPS) is 12.5. The van der Waals surface area contributed by atoms with Crippen LogP contribution in [0.1, 0.15) is 5.56 Å². The quantitative estimate of drug-likeness (QED) is 0.654. The molecule has 0 unspecified atom stereocenters. The van der Waals surface area contributed by atoms with Crippen LogP contribution in [-0.2, 0) is 0 Å². The van der Waals surface area contributed by atoms with Gasteiger partial charge in [-0.3, -0.25) is 10.3 Å². The number of anilines is 2. The van der Waals surface area contributed by atoms with E-state index in [9.17, 15) is 4.79 Å². The zero-order chi connectivity index (χ0) is 10.7. The molecule has 0 bridgehead atoms. The van der Waals surface area contributed by atoms with Gasteiger partial charge in [-0.1, -0.05) is 0 Å². The number of carboxylic acid groups (broad SMARTS) is 1. The Kier molecular flexibility index (Phi) is 2.37. The minimum Gasteiger partial charge on any atom is -0.465 e. The molecule has 0 aliphatic carbocycles. The van der Waals surface area contributed by atoms with Gasteiger partial charge in [-0.2, -0.15) is 0 Å². The summed E-state index contributed by atoms with van der Waals surface area (Å²) in [5.74, 6) is 0. The third-order valence-electron chi connectivity index (χ3n) is 1.92. The van der Waals surface area contributed by atoms with Gasteiger partial charge in [-0.15, -0.1) is 0 Å². The van der Waals surface area contributed by atoms with E-state index in [1.165, 1.54) is 0 Å². The number of hydrogen-bond acceptors (Lipinski definition) is 3. The Bertz CT molecular complexity index is 452. The van der Waals surface area contributed by atoms with Crippen molar-refractivity contribution in [2.45, 2.75) is 0 Å². The fourth-order valence-electron chi connectivity index (χ4n) is 1.30. The number of carbonyl (C=O) groups is 1. The summed E-state index contributed by atoms with van der Waals surface area (Å²) in [7, 11) is 0. The first-order valence-corrected chi connectivity index (χ1v) is 4.34. The van der Waals surface area contributed by atoms with Gasteiger partial charge in [0.15, 0.2) is 0 Å². The second kappa shape index (κ2) is 3.83. The topological polar surface area (TPSA) is 73.7 Å². The zero-order valence-electron chi connectivity index (χ0n) is 7.77. The lowest BCUT2D eigenvalue weighted by Gasteiger charge is -2.06. The lowest BCUT2D eigenvalue weighted by Crippen LogP contribution is -2.07. The minimum absolute atomic E-state index is 0.524. The van der Waals surface area contributed by atoms with Crippen molar-refractivity contribution in [2.75, 3.05) is 10.6 Å². The Morgan fingerprint density at radius 3 is 3.13 bits per heavy atom. The van der Waals surface area contributed by atoms with Crippen LogP contribution in [0.2, 0.25) is 0 Å². The molecule has 1 aliphatic heterocycles. The van der Waals surface area contributed by atoms with Crippen LogP contribution in [-0.4, -0.2) is 17.4 Å². The molecule has 0 saturated heterocycles. The summed E-state index contributed by atoms with van der Waals surface area (Å²) in [6, 6.07) is 5.20. The van der Waals surface area contributed by atoms with Gasteiger partial charge in [0.05, 0.1) is 0 Å². The summed E-state index contributed by atoms with van der Waals surface area (Å²) >= 11 is 0. The molecule has 0 spiro atoms. The minimum atomic E-state index is -1.08. The molecule has 3 N–H and O–H groups in total. The molecule has 0 atom stereocenters. The van der Waals surface area contributed by atoms with E-state index in [1.807, 2.05) is 0 Å². The molecule has 0 radical (unpaired) electrons. The molecule has 2 rings (SSSR count). The number of fused-ring (bicyclic) bond motifs is 1. The number of amides is 1. The Morgan fingerprint density at radius 1 is 1.47 bits per heavy atom. The molecule has 15 heavy (non-hydrogen) atoms. The summed E-state index contributed by atoms with van der Waals surface area (Å²) in [4.78, 5) is 14.4. The highest BCUT2D eigenvalue weighted by molar-refractivity contribution is 5.92. The number of nitrogens with one attached hydrogen (secondary N) is 2. The summed E-state index contributed by atoms with van der Waals surface area (Å²) in [6.45, 7) is 0. The number of rotatable bonds is 1. The maximum atomic E-state index is 10.4. The number of hydrogen-bond donors (Lipinski definition) is 3. The molecule has 5 nitrogen and oxygen atoms in total. The van der Waals surface area contributed by atoms with Crippen molar-refractivity contribution in [3.63, 3.8) is 0 Å². The molecule has 0 aromatic heterocycles. The summed E-state index contributed by atoms with van der Waals surface area (Å²) in [5, 5.41) is 13.9. The monoisotopic (exact) mass is 203 g/mol. The maximum absolute atomic E-state index is 10.4. The van der Waals surface area contributed by atoms with E-state index in [0.717, 1.165) is 11.3 Å². The summed E-state index contributed by atoms with van der Waals surface area (Å²) in [5.41, 5.74) is 2.26. The second-order valence-electron chi connectivity index (χ2n) is 2.97. The van der Waals surface area contributed by atoms with E-state index in [0.29, 0.717) is 5.69 Å². The van der Waals surface area contributed by atoms with Gasteiger partial charge in [0.1, 0.15) is 0 Å². The highest BCUT2D eigenvalue weighted by Crippen LogP contribution is 2.20. The van der Waals surface area contributed by atoms with Crippen molar-refractivity contribution in [3.8, 4) is 0 Å². The molecular weight excluding hydrogens is 194 g/mol. The van der Waals surface area contributed by atoms with Gasteiger partial charge in [-0.25, -0.2) is 4.79 Å². The molecule has 1 aliphatic rings. The van der Waals surface area contributed by atoms with Crippen LogP contribution < -0.4 is 10.6 Å². The number of aliphatic imine (C=N–C) groups is 1. The van der Waals surface area contributed by atoms with Crippen LogP contribution >= 0.6 is 0 Å². The molecule has 1 amide bonds. The Balaban J connectivity index is 2.33. The number of nitrogens with zero attached hydrogens (tertiary/aromatic N) is 1. The Morgan fingerprint density at radius 2 is 2.33 bits per heavy atom. The van der Waals surface area contributed by atoms with Gasteiger partial charge in [0.25, 0.3) is 0 Å². The van der Waals surface area contributed by atoms with E-state index >= 15 is 0 Å². The van der Waals surface area contributed by atoms with E-state index < -0.39 is 6.09 Å². The lowest BCUT2D eigenvalue weighted by molar-refractivity contribution is 0.210. The first-order chi connectivity index (χ1) is 7.25. The van der Waals surface area contributed by atoms with Gasteiger partial charge >= 0.3 is 6.09 Å². The molecule has 76 valence electrons. The summed E-state index contributed by atoms with van der Waals surface area (Å²) < 4.78 is 0. The molecule has 1 aromatic rings. The maximum Gasteiger partial charge on any atom is 0.409 e. The first kappa shape index (κ1) is 9.26. The van der Waals surface area contributed by atoms with Crippen LogP contribution in [0.5, 0.6) is 0 Å². The van der Waals surface area contributed by atoms with Gasteiger partial charge in [0.2, 0.25) is 0 Å². The smallest absolute Gasteiger partial charge is 0.409 e. The van der Waals surface area contributed by atoms with Gasteiger partial charge in [0, 0.05) is 35.6 Å². The highest BCUT2D eigenvalue weighted by Gasteiger charge is 2.04. The SMILES string of the molecule is O=C(O)Nc1ccc2c(c1)C=NC=CN2. The fraction of sp³-hybridized carbons (Fsp3) is 0. The third kappa shape index (κ3) is 2.14. The van der Waals surface area contributed by atoms with Gasteiger partial charge < -0.3 is 10.4 Å². The van der Waals surface area contributed by atoms with E-state index in [4.69, 9.17) is 5.11 Å². The third-order valence-corrected chi connectivity index (χ3v) is 1.92. The Labute approximate surface area is 86.1 Å². The van der Waals surface area contributed by atoms with Crippen molar-refractivity contribution < 1.29 is 9.90 Å². The van der Waals surface area contributed by atoms with Crippen LogP contribution in [0.3, 0.4) is 0 Å². The molecule has 1 heterocycles. The average Bonchev–Trinajstić information content (AvgIpc) is 2.41. The highest BCUT2D eigenvalue weighted by atomic mass is 16.4. The zero-order valence-corrected chi connectivity index (χ0v) is 7.77. The Hall–Kier alpha value is -2.30. The van der Waals surface area contributed by atoms with Crippen LogP contribution in [0, 0.1) is 0 Å². The molecule has 1 aromatic carbocycles. The molecule has 0 fully saturated rings. The lowest BCUT2D eigenvalue weighted by atomic mass is 10.1. The van der Waals surface area contributed by atoms with Crippen LogP contribution in [0.15, 0.2) is 35.6 Å². The first-order valence-electron chi connectivity index (χ1n) is 4.34. The number of benzene rings is 1. The van der Waals surface area contributed by atoms with Crippen molar-refractivity contribution in [1.29, 1.82) is 0 Å².